The second-order valence-corrected chi connectivity index (χ2v) is 9.04. The van der Waals surface area contributed by atoms with Crippen LogP contribution in [0.5, 0.6) is 5.75 Å². The highest BCUT2D eigenvalue weighted by Crippen LogP contribution is 2.45. The van der Waals surface area contributed by atoms with Gasteiger partial charge in [-0.3, -0.25) is 4.79 Å². The maximum Gasteiger partial charge on any atom is 0.239 e. The van der Waals surface area contributed by atoms with E-state index in [-0.39, 0.29) is 17.4 Å². The Morgan fingerprint density at radius 2 is 1.96 bits per heavy atom. The van der Waals surface area contributed by atoms with E-state index in [2.05, 4.69) is 32.2 Å². The van der Waals surface area contributed by atoms with E-state index in [1.54, 1.807) is 6.07 Å². The van der Waals surface area contributed by atoms with Gasteiger partial charge in [0.25, 0.3) is 0 Å². The number of carbonyl (C=O) groups is 1. The Hall–Kier alpha value is -2.00. The van der Waals surface area contributed by atoms with Crippen molar-refractivity contribution in [1.82, 2.24) is 0 Å². The fraction of sp³-hybridized carbons (Fsp3) is 0.409. The van der Waals surface area contributed by atoms with Crippen LogP contribution < -0.4 is 10.1 Å². The van der Waals surface area contributed by atoms with E-state index in [1.807, 2.05) is 31.2 Å². The largest absolute Gasteiger partial charge is 0.490 e. The number of aryl methyl sites for hydroxylation is 1. The first-order chi connectivity index (χ1) is 12.2. The maximum absolute atomic E-state index is 12.8. The van der Waals surface area contributed by atoms with Gasteiger partial charge in [0.2, 0.25) is 5.91 Å². The van der Waals surface area contributed by atoms with Gasteiger partial charge in [0.05, 0.1) is 5.41 Å². The average molecular weight is 370 g/mol. The van der Waals surface area contributed by atoms with Gasteiger partial charge in [-0.05, 0) is 66.1 Å². The van der Waals surface area contributed by atoms with E-state index in [0.717, 1.165) is 35.4 Å². The van der Waals surface area contributed by atoms with Crippen molar-refractivity contribution in [2.75, 3.05) is 5.32 Å². The molecule has 0 fully saturated rings. The summed E-state index contributed by atoms with van der Waals surface area (Å²) in [5.74, 6) is 0.923. The Kier molecular flexibility index (Phi) is 3.85. The number of rotatable bonds is 1. The molecule has 1 amide bonds. The molecule has 2 aliphatic heterocycles. The second-order valence-electron chi connectivity index (χ2n) is 8.60. The molecule has 0 aliphatic carbocycles. The zero-order chi connectivity index (χ0) is 18.7. The Morgan fingerprint density at radius 3 is 2.69 bits per heavy atom. The van der Waals surface area contributed by atoms with E-state index >= 15 is 0 Å². The molecule has 3 nitrogen and oxygen atoms in total. The van der Waals surface area contributed by atoms with Gasteiger partial charge in [0.1, 0.15) is 11.9 Å². The van der Waals surface area contributed by atoms with Crippen molar-refractivity contribution in [3.05, 3.63) is 58.1 Å². The van der Waals surface area contributed by atoms with Crippen LogP contribution in [0.3, 0.4) is 0 Å². The van der Waals surface area contributed by atoms with E-state index in [9.17, 15) is 4.79 Å². The number of carbonyl (C=O) groups excluding carboxylic acids is 1. The van der Waals surface area contributed by atoms with Gasteiger partial charge in [0, 0.05) is 10.7 Å². The van der Waals surface area contributed by atoms with Gasteiger partial charge in [-0.1, -0.05) is 44.5 Å². The Balaban J connectivity index is 1.75. The van der Waals surface area contributed by atoms with Gasteiger partial charge in [-0.15, -0.1) is 0 Å². The summed E-state index contributed by atoms with van der Waals surface area (Å²) in [5.41, 5.74) is 3.29. The fourth-order valence-corrected chi connectivity index (χ4v) is 4.18. The summed E-state index contributed by atoms with van der Waals surface area (Å²) in [6.45, 7) is 8.60. The Labute approximate surface area is 159 Å². The van der Waals surface area contributed by atoms with Crippen molar-refractivity contribution in [2.24, 2.45) is 5.41 Å². The number of amides is 1. The van der Waals surface area contributed by atoms with Crippen LogP contribution in [0, 0.1) is 5.41 Å². The van der Waals surface area contributed by atoms with Crippen LogP contribution in [-0.4, -0.2) is 12.0 Å². The molecule has 2 aliphatic rings. The zero-order valence-electron chi connectivity index (χ0n) is 15.7. The van der Waals surface area contributed by atoms with Crippen LogP contribution in [0.1, 0.15) is 50.8 Å². The number of anilines is 1. The molecule has 4 rings (SSSR count). The number of benzene rings is 2. The lowest BCUT2D eigenvalue weighted by molar-refractivity contribution is -0.119. The normalized spacial score (nSPS) is 24.5. The molecule has 0 radical (unpaired) electrons. The minimum Gasteiger partial charge on any atom is -0.490 e. The Bertz CT molecular complexity index is 900. The molecule has 2 aromatic carbocycles. The predicted molar refractivity (Wildman–Crippen MR) is 105 cm³/mol. The molecule has 2 atom stereocenters. The average Bonchev–Trinajstić information content (AvgIpc) is 2.85. The summed E-state index contributed by atoms with van der Waals surface area (Å²) < 4.78 is 6.24. The van der Waals surface area contributed by atoms with E-state index in [0.29, 0.717) is 5.02 Å². The smallest absolute Gasteiger partial charge is 0.239 e. The molecule has 1 N–H and O–H groups in total. The lowest BCUT2D eigenvalue weighted by Crippen LogP contribution is -2.36. The minimum absolute atomic E-state index is 0.0148. The quantitative estimate of drug-likeness (QED) is 0.737. The van der Waals surface area contributed by atoms with Crippen LogP contribution in [0.25, 0.3) is 0 Å². The number of hydrogen-bond acceptors (Lipinski definition) is 2. The summed E-state index contributed by atoms with van der Waals surface area (Å²) >= 11 is 6.20. The highest BCUT2D eigenvalue weighted by atomic mass is 35.5. The monoisotopic (exact) mass is 369 g/mol. The molecule has 0 bridgehead atoms. The molecule has 1 unspecified atom stereocenters. The highest BCUT2D eigenvalue weighted by Gasteiger charge is 2.44. The first-order valence-corrected chi connectivity index (χ1v) is 9.49. The van der Waals surface area contributed by atoms with Crippen LogP contribution >= 0.6 is 11.6 Å². The molecular formula is C22H24ClNO2. The first kappa shape index (κ1) is 17.4. The van der Waals surface area contributed by atoms with E-state index < -0.39 is 5.41 Å². The fourth-order valence-electron chi connectivity index (χ4n) is 4.00. The number of nitrogens with one attached hydrogen (secondary N) is 1. The topological polar surface area (TPSA) is 38.3 Å². The van der Waals surface area contributed by atoms with Gasteiger partial charge < -0.3 is 10.1 Å². The van der Waals surface area contributed by atoms with Gasteiger partial charge in [-0.25, -0.2) is 0 Å². The lowest BCUT2D eigenvalue weighted by Gasteiger charge is -2.36. The predicted octanol–water partition coefficient (Wildman–Crippen LogP) is 5.34. The van der Waals surface area contributed by atoms with Crippen LogP contribution in [-0.2, 0) is 16.6 Å². The summed E-state index contributed by atoms with van der Waals surface area (Å²) in [6, 6.07) is 11.7. The van der Waals surface area contributed by atoms with Crippen molar-refractivity contribution in [2.45, 2.75) is 52.1 Å². The number of fused-ring (bicyclic) bond motifs is 2. The molecule has 2 aromatic rings. The zero-order valence-corrected chi connectivity index (χ0v) is 16.4. The van der Waals surface area contributed by atoms with Crippen molar-refractivity contribution in [3.8, 4) is 5.75 Å². The summed E-state index contributed by atoms with van der Waals surface area (Å²) in [4.78, 5) is 12.8. The summed E-state index contributed by atoms with van der Waals surface area (Å²) in [6.07, 6.45) is 2.17. The lowest BCUT2D eigenvalue weighted by atomic mass is 9.76. The van der Waals surface area contributed by atoms with Crippen LogP contribution in [0.4, 0.5) is 5.69 Å². The third kappa shape index (κ3) is 2.61. The molecule has 0 saturated carbocycles. The van der Waals surface area contributed by atoms with Crippen molar-refractivity contribution in [1.29, 1.82) is 0 Å². The maximum atomic E-state index is 12.8. The van der Waals surface area contributed by atoms with Gasteiger partial charge in [-0.2, -0.15) is 0 Å². The Morgan fingerprint density at radius 1 is 1.19 bits per heavy atom. The van der Waals surface area contributed by atoms with Crippen LogP contribution in [0.2, 0.25) is 5.02 Å². The number of ether oxygens (including phenoxy) is 1. The molecule has 0 saturated heterocycles. The number of hydrogen-bond donors (Lipinski definition) is 1. The van der Waals surface area contributed by atoms with Gasteiger partial charge >= 0.3 is 0 Å². The second kappa shape index (κ2) is 5.75. The molecule has 2 heterocycles. The summed E-state index contributed by atoms with van der Waals surface area (Å²) in [5, 5.41) is 3.63. The van der Waals surface area contributed by atoms with Crippen molar-refractivity contribution >= 4 is 23.2 Å². The highest BCUT2D eigenvalue weighted by molar-refractivity contribution is 6.31. The molecular weight excluding hydrogens is 346 g/mol. The third-order valence-electron chi connectivity index (χ3n) is 5.77. The SMILES string of the molecule is CC(C)(C)C1CCc2cc([C@]3(C)C(=O)Nc4ccc(Cl)cc43)ccc2O1. The standard InChI is InChI=1S/C22H24ClNO2/c1-21(2,3)19-10-5-13-11-14(6-9-18(13)26-19)22(4)16-12-15(23)7-8-17(16)24-20(22)25/h6-9,11-12,19H,5,10H2,1-4H3,(H,24,25)/t19?,22-/m0/s1. The molecule has 4 heteroatoms. The van der Waals surface area contributed by atoms with Crippen LogP contribution in [0.15, 0.2) is 36.4 Å². The molecule has 136 valence electrons. The first-order valence-electron chi connectivity index (χ1n) is 9.11. The molecule has 0 spiro atoms. The third-order valence-corrected chi connectivity index (χ3v) is 6.01. The van der Waals surface area contributed by atoms with Gasteiger partial charge in [0.15, 0.2) is 0 Å². The van der Waals surface area contributed by atoms with E-state index in [1.165, 1.54) is 5.56 Å². The minimum atomic E-state index is -0.740. The van der Waals surface area contributed by atoms with Crippen molar-refractivity contribution in [3.63, 3.8) is 0 Å². The number of halogens is 1. The molecule has 26 heavy (non-hydrogen) atoms. The molecule has 0 aromatic heterocycles. The summed E-state index contributed by atoms with van der Waals surface area (Å²) in [7, 11) is 0. The van der Waals surface area contributed by atoms with Crippen molar-refractivity contribution < 1.29 is 9.53 Å². The van der Waals surface area contributed by atoms with E-state index in [4.69, 9.17) is 16.3 Å².